The van der Waals surface area contributed by atoms with E-state index in [4.69, 9.17) is 13.9 Å². The predicted molar refractivity (Wildman–Crippen MR) is 118 cm³/mol. The monoisotopic (exact) mass is 430 g/mol. The number of hydrogen-bond acceptors (Lipinski definition) is 6. The van der Waals surface area contributed by atoms with Crippen LogP contribution in [0.15, 0.2) is 63.9 Å². The van der Waals surface area contributed by atoms with E-state index in [1.165, 1.54) is 17.2 Å². The highest BCUT2D eigenvalue weighted by molar-refractivity contribution is 5.90. The highest BCUT2D eigenvalue weighted by Crippen LogP contribution is 2.29. The van der Waals surface area contributed by atoms with Crippen LogP contribution in [0.1, 0.15) is 40.5 Å². The molecule has 0 spiro atoms. The van der Waals surface area contributed by atoms with Crippen molar-refractivity contribution < 1.29 is 18.7 Å². The van der Waals surface area contributed by atoms with Gasteiger partial charge >= 0.3 is 11.6 Å². The highest BCUT2D eigenvalue weighted by atomic mass is 16.5. The molecule has 4 aromatic rings. The van der Waals surface area contributed by atoms with E-state index >= 15 is 0 Å². The summed E-state index contributed by atoms with van der Waals surface area (Å²) in [5.41, 5.74) is 4.21. The van der Waals surface area contributed by atoms with E-state index in [1.54, 1.807) is 17.8 Å². The minimum Gasteiger partial charge on any atom is -0.485 e. The molecular formula is C25H22N2O5. The van der Waals surface area contributed by atoms with Gasteiger partial charge in [0.2, 0.25) is 5.69 Å². The molecule has 7 nitrogen and oxygen atoms in total. The molecule has 0 bridgehead atoms. The predicted octanol–water partition coefficient (Wildman–Crippen LogP) is 4.22. The number of carbonyl (C=O) groups excluding carboxylic acids is 1. The van der Waals surface area contributed by atoms with E-state index in [-0.39, 0.29) is 24.7 Å². The number of fused-ring (bicyclic) bond motifs is 2. The van der Waals surface area contributed by atoms with E-state index in [2.05, 4.69) is 11.2 Å². The third kappa shape index (κ3) is 3.77. The Hall–Kier alpha value is -3.87. The Balaban J connectivity index is 1.50. The molecule has 0 aliphatic heterocycles. The normalized spacial score (nSPS) is 12.7. The molecule has 5 rings (SSSR count). The van der Waals surface area contributed by atoms with Gasteiger partial charge in [-0.05, 0) is 61.6 Å². The van der Waals surface area contributed by atoms with Crippen molar-refractivity contribution in [3.63, 3.8) is 0 Å². The van der Waals surface area contributed by atoms with Crippen LogP contribution in [-0.2, 0) is 24.2 Å². The van der Waals surface area contributed by atoms with Gasteiger partial charge in [-0.3, -0.25) is 0 Å². The van der Waals surface area contributed by atoms with Gasteiger partial charge in [-0.15, -0.1) is 0 Å². The molecule has 0 radical (unpaired) electrons. The molecule has 0 atom stereocenters. The summed E-state index contributed by atoms with van der Waals surface area (Å²) < 4.78 is 18.2. The average molecular weight is 430 g/mol. The summed E-state index contributed by atoms with van der Waals surface area (Å²) in [5, 5.41) is 5.22. The largest absolute Gasteiger partial charge is 0.485 e. The zero-order valence-electron chi connectivity index (χ0n) is 17.7. The van der Waals surface area contributed by atoms with Crippen LogP contribution < -0.4 is 10.4 Å². The standard InChI is InChI=1S/C25H22N2O5/c1-2-30-25(29)24-22(14-27(26-24)19-9-4-3-5-10-19)31-15-18-13-23(28)32-21-12-17-8-6-7-16(17)11-20(18)21/h3-5,9-14H,2,6-8,15H2,1H3. The Morgan fingerprint density at radius 2 is 1.91 bits per heavy atom. The first kappa shape index (κ1) is 20.1. The summed E-state index contributed by atoms with van der Waals surface area (Å²) in [6.45, 7) is 2.06. The molecule has 0 saturated carbocycles. The number of para-hydroxylation sites is 1. The molecule has 0 saturated heterocycles. The van der Waals surface area contributed by atoms with Crippen molar-refractivity contribution in [2.75, 3.05) is 6.61 Å². The Labute approximate surface area is 184 Å². The third-order valence-corrected chi connectivity index (χ3v) is 5.60. The summed E-state index contributed by atoms with van der Waals surface area (Å²) in [7, 11) is 0. The molecule has 2 aromatic carbocycles. The number of nitrogens with zero attached hydrogens (tertiary/aromatic N) is 2. The first-order valence-electron chi connectivity index (χ1n) is 10.7. The molecular weight excluding hydrogens is 408 g/mol. The molecule has 0 unspecified atom stereocenters. The number of carbonyl (C=O) groups is 1. The van der Waals surface area contributed by atoms with Crippen molar-refractivity contribution in [1.82, 2.24) is 9.78 Å². The fourth-order valence-corrected chi connectivity index (χ4v) is 4.09. The van der Waals surface area contributed by atoms with Gasteiger partial charge in [0.05, 0.1) is 18.5 Å². The van der Waals surface area contributed by atoms with Crippen molar-refractivity contribution >= 4 is 16.9 Å². The second-order valence-electron chi connectivity index (χ2n) is 7.69. The molecule has 0 N–H and O–H groups in total. The minimum absolute atomic E-state index is 0.0869. The average Bonchev–Trinajstić information content (AvgIpc) is 3.43. The fourth-order valence-electron chi connectivity index (χ4n) is 4.09. The van der Waals surface area contributed by atoms with E-state index in [0.29, 0.717) is 11.1 Å². The Morgan fingerprint density at radius 1 is 1.12 bits per heavy atom. The van der Waals surface area contributed by atoms with Crippen molar-refractivity contribution in [2.45, 2.75) is 32.8 Å². The van der Waals surface area contributed by atoms with Crippen LogP contribution in [0.5, 0.6) is 5.75 Å². The third-order valence-electron chi connectivity index (χ3n) is 5.60. The number of aromatic nitrogens is 2. The lowest BCUT2D eigenvalue weighted by Crippen LogP contribution is -2.09. The van der Waals surface area contributed by atoms with E-state index < -0.39 is 11.6 Å². The molecule has 7 heteroatoms. The maximum absolute atomic E-state index is 12.5. The van der Waals surface area contributed by atoms with Crippen molar-refractivity contribution in [2.24, 2.45) is 0 Å². The molecule has 1 aliphatic carbocycles. The lowest BCUT2D eigenvalue weighted by atomic mass is 10.0. The van der Waals surface area contributed by atoms with Gasteiger partial charge in [-0.25, -0.2) is 14.3 Å². The first-order valence-corrected chi connectivity index (χ1v) is 10.7. The van der Waals surface area contributed by atoms with Crippen molar-refractivity contribution in [3.05, 3.63) is 87.5 Å². The van der Waals surface area contributed by atoms with Gasteiger partial charge in [-0.2, -0.15) is 5.10 Å². The second kappa shape index (κ2) is 8.34. The molecule has 0 amide bonds. The van der Waals surface area contributed by atoms with Gasteiger partial charge in [0, 0.05) is 17.0 Å². The lowest BCUT2D eigenvalue weighted by Gasteiger charge is -2.09. The number of benzene rings is 2. The zero-order chi connectivity index (χ0) is 22.1. The quantitative estimate of drug-likeness (QED) is 0.336. The SMILES string of the molecule is CCOC(=O)c1nn(-c2ccccc2)cc1OCc1cc(=O)oc2cc3c(cc12)CCC3. The van der Waals surface area contributed by atoms with Crippen LogP contribution in [0.25, 0.3) is 16.7 Å². The van der Waals surface area contributed by atoms with Crippen molar-refractivity contribution in [1.29, 1.82) is 0 Å². The van der Waals surface area contributed by atoms with Crippen LogP contribution in [0.4, 0.5) is 0 Å². The number of aryl methyl sites for hydroxylation is 2. The molecule has 0 fully saturated rings. The van der Waals surface area contributed by atoms with Crippen LogP contribution >= 0.6 is 0 Å². The number of hydrogen-bond donors (Lipinski definition) is 0. The molecule has 2 aromatic heterocycles. The second-order valence-corrected chi connectivity index (χ2v) is 7.69. The van der Waals surface area contributed by atoms with Gasteiger partial charge in [-0.1, -0.05) is 18.2 Å². The van der Waals surface area contributed by atoms with Crippen LogP contribution in [-0.4, -0.2) is 22.4 Å². The smallest absolute Gasteiger partial charge is 0.362 e. The Kier molecular flexibility index (Phi) is 5.23. The summed E-state index contributed by atoms with van der Waals surface area (Å²) in [4.78, 5) is 24.6. The van der Waals surface area contributed by atoms with Crippen molar-refractivity contribution in [3.8, 4) is 11.4 Å². The van der Waals surface area contributed by atoms with E-state index in [1.807, 2.05) is 36.4 Å². The number of rotatable bonds is 6. The van der Waals surface area contributed by atoms with Crippen LogP contribution in [0.2, 0.25) is 0 Å². The fraction of sp³-hybridized carbons (Fsp3) is 0.240. The van der Waals surface area contributed by atoms with Crippen LogP contribution in [0, 0.1) is 0 Å². The summed E-state index contributed by atoms with van der Waals surface area (Å²) in [5.74, 6) is -0.276. The summed E-state index contributed by atoms with van der Waals surface area (Å²) in [6.07, 6.45) is 4.76. The molecule has 1 aliphatic rings. The van der Waals surface area contributed by atoms with E-state index in [0.717, 1.165) is 30.3 Å². The number of ether oxygens (including phenoxy) is 2. The Bertz CT molecular complexity index is 1350. The van der Waals surface area contributed by atoms with Gasteiger partial charge in [0.1, 0.15) is 12.2 Å². The maximum Gasteiger partial charge on any atom is 0.362 e. The van der Waals surface area contributed by atoms with Gasteiger partial charge in [0.25, 0.3) is 0 Å². The highest BCUT2D eigenvalue weighted by Gasteiger charge is 2.21. The Morgan fingerprint density at radius 3 is 2.69 bits per heavy atom. The van der Waals surface area contributed by atoms with Crippen LogP contribution in [0.3, 0.4) is 0 Å². The minimum atomic E-state index is -0.563. The molecule has 2 heterocycles. The van der Waals surface area contributed by atoms with Gasteiger partial charge < -0.3 is 13.9 Å². The van der Waals surface area contributed by atoms with E-state index in [9.17, 15) is 9.59 Å². The first-order chi connectivity index (χ1) is 15.6. The summed E-state index contributed by atoms with van der Waals surface area (Å²) >= 11 is 0. The van der Waals surface area contributed by atoms with Gasteiger partial charge in [0.15, 0.2) is 5.75 Å². The zero-order valence-corrected chi connectivity index (χ0v) is 17.7. The summed E-state index contributed by atoms with van der Waals surface area (Å²) in [6, 6.07) is 14.9. The molecule has 32 heavy (non-hydrogen) atoms. The number of esters is 1. The lowest BCUT2D eigenvalue weighted by molar-refractivity contribution is 0.0514. The molecule has 162 valence electrons. The topological polar surface area (TPSA) is 83.6 Å². The maximum atomic E-state index is 12.5.